The number of ether oxygens (including phenoxy) is 1. The molecule has 0 bridgehead atoms. The zero-order valence-corrected chi connectivity index (χ0v) is 9.75. The van der Waals surface area contributed by atoms with Gasteiger partial charge in [0.25, 0.3) is 0 Å². The number of hydrogen-bond donors (Lipinski definition) is 0. The summed E-state index contributed by atoms with van der Waals surface area (Å²) in [6, 6.07) is 8.41. The topological polar surface area (TPSA) is 9.23 Å². The van der Waals surface area contributed by atoms with E-state index in [9.17, 15) is 0 Å². The Morgan fingerprint density at radius 1 is 1.36 bits per heavy atom. The molecular formula is C12H13BrO. The van der Waals surface area contributed by atoms with Gasteiger partial charge in [0, 0.05) is 4.47 Å². The van der Waals surface area contributed by atoms with Crippen LogP contribution in [-0.4, -0.2) is 7.11 Å². The first-order valence-corrected chi connectivity index (χ1v) is 5.59. The van der Waals surface area contributed by atoms with Crippen molar-refractivity contribution in [1.82, 2.24) is 0 Å². The molecule has 1 aliphatic carbocycles. The number of hydrogen-bond acceptors (Lipinski definition) is 1. The van der Waals surface area contributed by atoms with E-state index < -0.39 is 0 Å². The predicted molar refractivity (Wildman–Crippen MR) is 61.9 cm³/mol. The van der Waals surface area contributed by atoms with Crippen LogP contribution in [-0.2, 0) is 4.74 Å². The Morgan fingerprint density at radius 3 is 2.50 bits per heavy atom. The minimum atomic E-state index is 0.719. The van der Waals surface area contributed by atoms with Crippen molar-refractivity contribution in [2.45, 2.75) is 12.8 Å². The Hall–Kier alpha value is -0.760. The monoisotopic (exact) mass is 252 g/mol. The third-order valence-electron chi connectivity index (χ3n) is 2.44. The van der Waals surface area contributed by atoms with Crippen LogP contribution in [0, 0.1) is 5.92 Å². The van der Waals surface area contributed by atoms with Gasteiger partial charge in [0.15, 0.2) is 0 Å². The lowest BCUT2D eigenvalue weighted by Gasteiger charge is -2.05. The van der Waals surface area contributed by atoms with Gasteiger partial charge < -0.3 is 4.74 Å². The van der Waals surface area contributed by atoms with Gasteiger partial charge in [0.1, 0.15) is 0 Å². The summed E-state index contributed by atoms with van der Waals surface area (Å²) in [4.78, 5) is 0. The number of methoxy groups -OCH3 is 1. The van der Waals surface area contributed by atoms with Gasteiger partial charge in [0.05, 0.1) is 13.4 Å². The van der Waals surface area contributed by atoms with Crippen LogP contribution in [0.4, 0.5) is 0 Å². The molecule has 1 aromatic carbocycles. The Balaban J connectivity index is 2.26. The largest absolute Gasteiger partial charge is 0.504 e. The molecule has 74 valence electrons. The summed E-state index contributed by atoms with van der Waals surface area (Å²) in [6.07, 6.45) is 4.47. The molecule has 1 saturated carbocycles. The van der Waals surface area contributed by atoms with Gasteiger partial charge in [-0.1, -0.05) is 28.1 Å². The van der Waals surface area contributed by atoms with E-state index in [0.29, 0.717) is 0 Å². The van der Waals surface area contributed by atoms with Crippen molar-refractivity contribution in [3.63, 3.8) is 0 Å². The zero-order valence-electron chi connectivity index (χ0n) is 8.16. The van der Waals surface area contributed by atoms with E-state index >= 15 is 0 Å². The molecule has 0 spiro atoms. The van der Waals surface area contributed by atoms with E-state index in [4.69, 9.17) is 4.74 Å². The van der Waals surface area contributed by atoms with Crippen LogP contribution in [0.5, 0.6) is 0 Å². The van der Waals surface area contributed by atoms with Crippen molar-refractivity contribution < 1.29 is 4.74 Å². The van der Waals surface area contributed by atoms with Gasteiger partial charge in [-0.3, -0.25) is 0 Å². The highest BCUT2D eigenvalue weighted by Gasteiger charge is 2.27. The van der Waals surface area contributed by atoms with E-state index in [2.05, 4.69) is 40.2 Å². The fraction of sp³-hybridized carbons (Fsp3) is 0.333. The van der Waals surface area contributed by atoms with Crippen molar-refractivity contribution in [2.75, 3.05) is 7.11 Å². The third-order valence-corrected chi connectivity index (χ3v) is 2.97. The van der Waals surface area contributed by atoms with Gasteiger partial charge in [0.2, 0.25) is 0 Å². The number of halogens is 1. The molecule has 2 rings (SSSR count). The Labute approximate surface area is 92.9 Å². The lowest BCUT2D eigenvalue weighted by atomic mass is 10.0. The Kier molecular flexibility index (Phi) is 2.92. The highest BCUT2D eigenvalue weighted by atomic mass is 79.9. The van der Waals surface area contributed by atoms with Crippen molar-refractivity contribution in [2.24, 2.45) is 5.92 Å². The van der Waals surface area contributed by atoms with Crippen LogP contribution in [0.2, 0.25) is 0 Å². The molecule has 0 amide bonds. The van der Waals surface area contributed by atoms with Gasteiger partial charge in [-0.05, 0) is 42.0 Å². The highest BCUT2D eigenvalue weighted by molar-refractivity contribution is 9.10. The van der Waals surface area contributed by atoms with E-state index in [0.717, 1.165) is 10.4 Å². The van der Waals surface area contributed by atoms with E-state index in [1.54, 1.807) is 7.11 Å². The fourth-order valence-electron chi connectivity index (χ4n) is 1.56. The second-order valence-electron chi connectivity index (χ2n) is 3.59. The maximum atomic E-state index is 5.12. The average Bonchev–Trinajstić information content (AvgIpc) is 2.99. The molecule has 1 fully saturated rings. The molecule has 14 heavy (non-hydrogen) atoms. The maximum Gasteiger partial charge on any atom is 0.0865 e. The third kappa shape index (κ3) is 2.18. The highest BCUT2D eigenvalue weighted by Crippen LogP contribution is 2.41. The summed E-state index contributed by atoms with van der Waals surface area (Å²) in [6.45, 7) is 0. The molecule has 0 heterocycles. The van der Waals surface area contributed by atoms with Crippen LogP contribution in [0.3, 0.4) is 0 Å². The smallest absolute Gasteiger partial charge is 0.0865 e. The molecule has 1 nitrogen and oxygen atoms in total. The summed E-state index contributed by atoms with van der Waals surface area (Å²) in [5, 5.41) is 0. The molecule has 2 heteroatoms. The first kappa shape index (κ1) is 9.78. The number of rotatable bonds is 3. The first-order chi connectivity index (χ1) is 6.81. The average molecular weight is 253 g/mol. The zero-order chi connectivity index (χ0) is 9.97. The summed E-state index contributed by atoms with van der Waals surface area (Å²) in [7, 11) is 1.71. The second kappa shape index (κ2) is 4.18. The van der Waals surface area contributed by atoms with Gasteiger partial charge in [-0.15, -0.1) is 0 Å². The van der Waals surface area contributed by atoms with E-state index in [1.165, 1.54) is 24.0 Å². The summed E-state index contributed by atoms with van der Waals surface area (Å²) < 4.78 is 6.24. The molecule has 1 aliphatic rings. The van der Waals surface area contributed by atoms with Crippen LogP contribution in [0.1, 0.15) is 18.4 Å². The summed E-state index contributed by atoms with van der Waals surface area (Å²) in [5.74, 6) is 0.719. The minimum Gasteiger partial charge on any atom is -0.504 e. The molecule has 0 saturated heterocycles. The second-order valence-corrected chi connectivity index (χ2v) is 4.51. The summed E-state index contributed by atoms with van der Waals surface area (Å²) >= 11 is 3.44. The van der Waals surface area contributed by atoms with Gasteiger partial charge in [-0.25, -0.2) is 0 Å². The SMILES string of the molecule is COC=C(c1ccc(Br)cc1)C1CC1. The molecule has 0 unspecified atom stereocenters. The van der Waals surface area contributed by atoms with Crippen molar-refractivity contribution in [3.05, 3.63) is 40.6 Å². The standard InChI is InChI=1S/C12H13BrO/c1-14-8-12(9-2-3-9)10-4-6-11(13)7-5-10/h4-9H,2-3H2,1H3. The summed E-state index contributed by atoms with van der Waals surface area (Å²) in [5.41, 5.74) is 2.61. The van der Waals surface area contributed by atoms with Crippen LogP contribution >= 0.6 is 15.9 Å². The lowest BCUT2D eigenvalue weighted by molar-refractivity contribution is 0.338. The van der Waals surface area contributed by atoms with E-state index in [1.807, 2.05) is 6.26 Å². The Bertz CT molecular complexity index is 336. The van der Waals surface area contributed by atoms with Gasteiger partial charge in [-0.2, -0.15) is 0 Å². The molecule has 1 aromatic rings. The predicted octanol–water partition coefficient (Wildman–Crippen LogP) is 3.85. The molecule has 0 atom stereocenters. The quantitative estimate of drug-likeness (QED) is 0.743. The minimum absolute atomic E-state index is 0.719. The van der Waals surface area contributed by atoms with E-state index in [-0.39, 0.29) is 0 Å². The maximum absolute atomic E-state index is 5.12. The first-order valence-electron chi connectivity index (χ1n) is 4.80. The number of benzene rings is 1. The van der Waals surface area contributed by atoms with Gasteiger partial charge >= 0.3 is 0 Å². The lowest BCUT2D eigenvalue weighted by Crippen LogP contribution is -1.87. The van der Waals surface area contributed by atoms with Crippen molar-refractivity contribution in [3.8, 4) is 0 Å². The molecule has 0 N–H and O–H groups in total. The molecule has 0 aliphatic heterocycles. The fourth-order valence-corrected chi connectivity index (χ4v) is 1.83. The number of allylic oxidation sites excluding steroid dienone is 1. The van der Waals surface area contributed by atoms with Crippen LogP contribution in [0.25, 0.3) is 5.57 Å². The van der Waals surface area contributed by atoms with Crippen LogP contribution in [0.15, 0.2) is 35.0 Å². The molecular weight excluding hydrogens is 240 g/mol. The molecule has 0 radical (unpaired) electrons. The Morgan fingerprint density at radius 2 is 2.00 bits per heavy atom. The normalized spacial score (nSPS) is 16.9. The van der Waals surface area contributed by atoms with Crippen molar-refractivity contribution >= 4 is 21.5 Å². The molecule has 0 aromatic heterocycles. The van der Waals surface area contributed by atoms with Crippen molar-refractivity contribution in [1.29, 1.82) is 0 Å². The van der Waals surface area contributed by atoms with Crippen LogP contribution < -0.4 is 0 Å².